The van der Waals surface area contributed by atoms with Crippen LogP contribution >= 0.6 is 23.4 Å². The van der Waals surface area contributed by atoms with Crippen LogP contribution < -0.4 is 14.8 Å². The molecule has 0 saturated carbocycles. The van der Waals surface area contributed by atoms with Crippen molar-refractivity contribution < 1.29 is 28.8 Å². The maximum Gasteiger partial charge on any atom is 0.293 e. The normalized spacial score (nSPS) is 14.1. The van der Waals surface area contributed by atoms with Gasteiger partial charge in [0.1, 0.15) is 0 Å². The third-order valence-corrected chi connectivity index (χ3v) is 6.43. The summed E-state index contributed by atoms with van der Waals surface area (Å²) in [4.78, 5) is 49.3. The van der Waals surface area contributed by atoms with Gasteiger partial charge in [-0.1, -0.05) is 35.9 Å². The number of rotatable bonds is 9. The van der Waals surface area contributed by atoms with Crippen molar-refractivity contribution in [1.82, 2.24) is 4.90 Å². The largest absolute Gasteiger partial charge is 0.493 e. The van der Waals surface area contributed by atoms with Gasteiger partial charge < -0.3 is 14.8 Å². The predicted octanol–water partition coefficient (Wildman–Crippen LogP) is 5.51. The number of nitrogens with one attached hydrogen (secondary N) is 1. The minimum Gasteiger partial charge on any atom is -0.493 e. The second-order valence-electron chi connectivity index (χ2n) is 7.95. The van der Waals surface area contributed by atoms with E-state index in [9.17, 15) is 24.5 Å². The Bertz CT molecular complexity index is 1460. The molecule has 0 atom stereocenters. The molecule has 1 aliphatic heterocycles. The number of methoxy groups -OCH3 is 1. The Kier molecular flexibility index (Phi) is 8.29. The summed E-state index contributed by atoms with van der Waals surface area (Å²) in [6, 6.07) is 17.3. The number of ether oxygens (including phenoxy) is 2. The number of carbonyl (C=O) groups is 3. The van der Waals surface area contributed by atoms with E-state index in [1.807, 2.05) is 0 Å². The number of halogens is 1. The van der Waals surface area contributed by atoms with Crippen LogP contribution in [-0.2, 0) is 16.1 Å². The lowest BCUT2D eigenvalue weighted by atomic mass is 10.1. The molecule has 1 aliphatic rings. The zero-order valence-electron chi connectivity index (χ0n) is 19.9. The lowest BCUT2D eigenvalue weighted by Crippen LogP contribution is -2.27. The van der Waals surface area contributed by atoms with Crippen molar-refractivity contribution in [2.45, 2.75) is 6.54 Å². The number of amides is 3. The van der Waals surface area contributed by atoms with Crippen molar-refractivity contribution in [3.8, 4) is 11.5 Å². The van der Waals surface area contributed by atoms with Crippen LogP contribution in [0.25, 0.3) is 6.08 Å². The Morgan fingerprint density at radius 3 is 2.63 bits per heavy atom. The summed E-state index contributed by atoms with van der Waals surface area (Å²) >= 11 is 6.83. The van der Waals surface area contributed by atoms with E-state index >= 15 is 0 Å². The Labute approximate surface area is 226 Å². The highest BCUT2D eigenvalue weighted by Crippen LogP contribution is 2.35. The predicted molar refractivity (Wildman–Crippen MR) is 143 cm³/mol. The molecular weight excluding hydrogens is 534 g/mol. The van der Waals surface area contributed by atoms with Crippen LogP contribution in [0.2, 0.25) is 5.02 Å². The topological polar surface area (TPSA) is 128 Å². The van der Waals surface area contributed by atoms with Crippen molar-refractivity contribution in [1.29, 1.82) is 0 Å². The van der Waals surface area contributed by atoms with Gasteiger partial charge in [0.15, 0.2) is 18.1 Å². The minimum absolute atomic E-state index is 0.108. The van der Waals surface area contributed by atoms with Crippen LogP contribution in [0.4, 0.5) is 16.2 Å². The van der Waals surface area contributed by atoms with Gasteiger partial charge in [-0.2, -0.15) is 0 Å². The number of benzene rings is 3. The first-order valence-electron chi connectivity index (χ1n) is 11.1. The molecule has 0 aromatic heterocycles. The fourth-order valence-electron chi connectivity index (χ4n) is 3.54. The minimum atomic E-state index is -0.557. The van der Waals surface area contributed by atoms with Crippen molar-refractivity contribution in [3.05, 3.63) is 97.9 Å². The van der Waals surface area contributed by atoms with Crippen LogP contribution in [0.1, 0.15) is 11.1 Å². The molecule has 0 spiro atoms. The number of nitrogens with zero attached hydrogens (tertiary/aromatic N) is 2. The summed E-state index contributed by atoms with van der Waals surface area (Å²) in [5.41, 5.74) is 1.44. The second-order valence-corrected chi connectivity index (χ2v) is 9.38. The lowest BCUT2D eigenvalue weighted by molar-refractivity contribution is -0.384. The number of nitro benzene ring substituents is 1. The molecule has 3 aromatic rings. The summed E-state index contributed by atoms with van der Waals surface area (Å²) in [5, 5.41) is 13.6. The maximum absolute atomic E-state index is 12.9. The molecule has 10 nitrogen and oxygen atoms in total. The Hall–Kier alpha value is -4.35. The number of hydrogen-bond donors (Lipinski definition) is 1. The monoisotopic (exact) mass is 553 g/mol. The maximum atomic E-state index is 12.9. The smallest absolute Gasteiger partial charge is 0.293 e. The summed E-state index contributed by atoms with van der Waals surface area (Å²) in [6.07, 6.45) is 1.57. The number of non-ortho nitro benzene ring substituents is 1. The van der Waals surface area contributed by atoms with Crippen molar-refractivity contribution in [2.24, 2.45) is 0 Å². The third-order valence-electron chi connectivity index (χ3n) is 5.29. The molecule has 0 bridgehead atoms. The summed E-state index contributed by atoms with van der Waals surface area (Å²) in [5.74, 6) is -0.366. The van der Waals surface area contributed by atoms with E-state index in [1.165, 1.54) is 31.4 Å². The SMILES string of the molecule is COc1cc(/C=C2\SC(=O)N(Cc3cccc(Cl)c3)C2=O)ccc1OCC(=O)Nc1cccc([N+](=O)[O-])c1. The van der Waals surface area contributed by atoms with Crippen LogP contribution in [0, 0.1) is 10.1 Å². The van der Waals surface area contributed by atoms with Gasteiger partial charge in [-0.15, -0.1) is 0 Å². The van der Waals surface area contributed by atoms with Gasteiger partial charge in [0.2, 0.25) is 0 Å². The molecule has 1 heterocycles. The fraction of sp³-hybridized carbons (Fsp3) is 0.115. The highest BCUT2D eigenvalue weighted by atomic mass is 35.5. The second kappa shape index (κ2) is 11.8. The molecule has 38 heavy (non-hydrogen) atoms. The first-order valence-corrected chi connectivity index (χ1v) is 12.3. The number of nitro groups is 1. The molecule has 0 aliphatic carbocycles. The van der Waals surface area contributed by atoms with Gasteiger partial charge in [0.05, 0.1) is 23.5 Å². The highest BCUT2D eigenvalue weighted by Gasteiger charge is 2.35. The average molecular weight is 554 g/mol. The number of carbonyl (C=O) groups excluding carboxylic acids is 3. The molecular formula is C26H20ClN3O7S. The van der Waals surface area contributed by atoms with E-state index < -0.39 is 16.7 Å². The van der Waals surface area contributed by atoms with Crippen LogP contribution in [0.3, 0.4) is 0 Å². The summed E-state index contributed by atoms with van der Waals surface area (Å²) in [7, 11) is 1.42. The molecule has 1 fully saturated rings. The lowest BCUT2D eigenvalue weighted by Gasteiger charge is -2.13. The third kappa shape index (κ3) is 6.50. The fourth-order valence-corrected chi connectivity index (χ4v) is 4.59. The summed E-state index contributed by atoms with van der Waals surface area (Å²) < 4.78 is 10.9. The summed E-state index contributed by atoms with van der Waals surface area (Å²) in [6.45, 7) is -0.266. The molecule has 0 unspecified atom stereocenters. The Morgan fingerprint density at radius 1 is 1.11 bits per heavy atom. The van der Waals surface area contributed by atoms with Gasteiger partial charge in [-0.05, 0) is 59.3 Å². The van der Waals surface area contributed by atoms with Crippen LogP contribution in [-0.4, -0.2) is 40.6 Å². The quantitative estimate of drug-likeness (QED) is 0.209. The van der Waals surface area contributed by atoms with Gasteiger partial charge in [0.25, 0.3) is 22.7 Å². The molecule has 4 rings (SSSR count). The van der Waals surface area contributed by atoms with Crippen molar-refractivity contribution in [2.75, 3.05) is 19.0 Å². The first kappa shape index (κ1) is 26.7. The number of anilines is 1. The first-order chi connectivity index (χ1) is 18.2. The highest BCUT2D eigenvalue weighted by molar-refractivity contribution is 8.18. The zero-order chi connectivity index (χ0) is 27.2. The van der Waals surface area contributed by atoms with Gasteiger partial charge in [-0.25, -0.2) is 0 Å². The number of hydrogen-bond acceptors (Lipinski definition) is 8. The molecule has 1 saturated heterocycles. The molecule has 3 aromatic carbocycles. The van der Waals surface area contributed by atoms with Gasteiger partial charge in [-0.3, -0.25) is 29.4 Å². The van der Waals surface area contributed by atoms with Crippen LogP contribution in [0.15, 0.2) is 71.6 Å². The van der Waals surface area contributed by atoms with E-state index in [4.69, 9.17) is 21.1 Å². The molecule has 1 N–H and O–H groups in total. The molecule has 0 radical (unpaired) electrons. The van der Waals surface area contributed by atoms with Gasteiger partial charge in [0, 0.05) is 22.8 Å². The number of imide groups is 1. The van der Waals surface area contributed by atoms with E-state index in [0.29, 0.717) is 16.3 Å². The zero-order valence-corrected chi connectivity index (χ0v) is 21.5. The molecule has 12 heteroatoms. The van der Waals surface area contributed by atoms with Gasteiger partial charge >= 0.3 is 0 Å². The van der Waals surface area contributed by atoms with Crippen LogP contribution in [0.5, 0.6) is 11.5 Å². The Morgan fingerprint density at radius 2 is 1.89 bits per heavy atom. The van der Waals surface area contributed by atoms with Crippen molar-refractivity contribution in [3.63, 3.8) is 0 Å². The van der Waals surface area contributed by atoms with Crippen molar-refractivity contribution >= 4 is 57.9 Å². The number of thioether (sulfide) groups is 1. The van der Waals surface area contributed by atoms with E-state index in [0.717, 1.165) is 22.2 Å². The average Bonchev–Trinajstić information content (AvgIpc) is 3.15. The standard InChI is InChI=1S/C26H20ClN3O7S/c1-36-22-11-16(12-23-25(32)29(26(33)38-23)14-17-4-2-5-18(27)10-17)8-9-21(22)37-15-24(31)28-19-6-3-7-20(13-19)30(34)35/h2-13H,14-15H2,1H3,(H,28,31)/b23-12-. The molecule has 194 valence electrons. The Balaban J connectivity index is 1.41. The molecule has 3 amide bonds. The van der Waals surface area contributed by atoms with E-state index in [2.05, 4.69) is 5.32 Å². The van der Waals surface area contributed by atoms with E-state index in [1.54, 1.807) is 48.5 Å². The van der Waals surface area contributed by atoms with E-state index in [-0.39, 0.29) is 40.4 Å².